The number of rotatable bonds is 2. The molecule has 0 saturated heterocycles. The average Bonchev–Trinajstić information content (AvgIpc) is 1.65. The minimum Gasteiger partial charge on any atom is -0.390 e. The normalized spacial score (nSPS) is 7.50. The van der Waals surface area contributed by atoms with Crippen LogP contribution in [0.5, 0.6) is 0 Å². The molecule has 0 rings (SSSR count). The number of hydrogen-bond donors (Lipinski definition) is 2. The highest BCUT2D eigenvalue weighted by Gasteiger charge is 1.77. The second kappa shape index (κ2) is 2.60. The Bertz CT molecular complexity index is 67.9. The lowest BCUT2D eigenvalue weighted by Crippen LogP contribution is -1.94. The molecular formula is C4H7NO. The second-order valence-corrected chi connectivity index (χ2v) is 0.887. The lowest BCUT2D eigenvalue weighted by atomic mass is 10.4. The van der Waals surface area contributed by atoms with E-state index in [-0.39, 0.29) is 12.3 Å². The van der Waals surface area contributed by atoms with E-state index in [0.29, 0.717) is 0 Å². The maximum absolute atomic E-state index is 8.04. The summed E-state index contributed by atoms with van der Waals surface area (Å²) < 4.78 is 0. The predicted molar refractivity (Wildman–Crippen MR) is 25.0 cm³/mol. The molecule has 0 aromatic heterocycles. The first kappa shape index (κ1) is 5.37. The van der Waals surface area contributed by atoms with Crippen molar-refractivity contribution >= 4 is 5.71 Å². The van der Waals surface area contributed by atoms with Gasteiger partial charge in [-0.15, -0.1) is 0 Å². The molecule has 2 heteroatoms. The SMILES string of the molecule is C=CC(=N)CO. The van der Waals surface area contributed by atoms with Crippen LogP contribution in [0.2, 0.25) is 0 Å². The summed E-state index contributed by atoms with van der Waals surface area (Å²) in [5.41, 5.74) is 0.162. The van der Waals surface area contributed by atoms with Gasteiger partial charge in [-0.1, -0.05) is 6.58 Å². The van der Waals surface area contributed by atoms with Crippen molar-refractivity contribution in [2.75, 3.05) is 6.61 Å². The van der Waals surface area contributed by atoms with Crippen molar-refractivity contribution < 1.29 is 5.11 Å². The molecule has 0 unspecified atom stereocenters. The molecule has 0 fully saturated rings. The van der Waals surface area contributed by atoms with Gasteiger partial charge in [-0.25, -0.2) is 0 Å². The molecule has 0 aromatic carbocycles. The minimum absolute atomic E-state index is 0.162. The molecule has 0 aliphatic heterocycles. The van der Waals surface area contributed by atoms with Gasteiger partial charge < -0.3 is 10.5 Å². The van der Waals surface area contributed by atoms with Crippen molar-refractivity contribution in [2.24, 2.45) is 0 Å². The van der Waals surface area contributed by atoms with Crippen LogP contribution in [0.15, 0.2) is 12.7 Å². The van der Waals surface area contributed by atoms with Crippen molar-refractivity contribution in [1.29, 1.82) is 5.41 Å². The van der Waals surface area contributed by atoms with Gasteiger partial charge >= 0.3 is 0 Å². The third kappa shape index (κ3) is 1.67. The summed E-state index contributed by atoms with van der Waals surface area (Å²) in [6.07, 6.45) is 1.31. The Morgan fingerprint density at radius 2 is 2.50 bits per heavy atom. The van der Waals surface area contributed by atoms with E-state index in [2.05, 4.69) is 6.58 Å². The minimum atomic E-state index is -0.205. The van der Waals surface area contributed by atoms with Gasteiger partial charge in [-0.2, -0.15) is 0 Å². The van der Waals surface area contributed by atoms with Crippen LogP contribution in [0.1, 0.15) is 0 Å². The quantitative estimate of drug-likeness (QED) is 0.462. The standard InChI is InChI=1S/C4H7NO/c1-2-4(5)3-6/h2,5-6H,1,3H2. The fourth-order valence-corrected chi connectivity index (χ4v) is 0.0645. The summed E-state index contributed by atoms with van der Waals surface area (Å²) in [6.45, 7) is 3.04. The van der Waals surface area contributed by atoms with E-state index >= 15 is 0 Å². The van der Waals surface area contributed by atoms with Crippen LogP contribution in [0.3, 0.4) is 0 Å². The summed E-state index contributed by atoms with van der Waals surface area (Å²) in [7, 11) is 0. The predicted octanol–water partition coefficient (Wildman–Crippen LogP) is 0.184. The summed E-state index contributed by atoms with van der Waals surface area (Å²) in [5, 5.41) is 14.7. The van der Waals surface area contributed by atoms with E-state index in [4.69, 9.17) is 10.5 Å². The maximum Gasteiger partial charge on any atom is 0.0845 e. The van der Waals surface area contributed by atoms with Crippen molar-refractivity contribution in [1.82, 2.24) is 0 Å². The fraction of sp³-hybridized carbons (Fsp3) is 0.250. The topological polar surface area (TPSA) is 44.1 Å². The number of aliphatic hydroxyl groups is 1. The van der Waals surface area contributed by atoms with Crippen LogP contribution in [0.4, 0.5) is 0 Å². The monoisotopic (exact) mass is 85.1 g/mol. The average molecular weight is 85.1 g/mol. The summed E-state index contributed by atoms with van der Waals surface area (Å²) in [4.78, 5) is 0. The first-order valence-corrected chi connectivity index (χ1v) is 1.62. The number of nitrogens with one attached hydrogen (secondary N) is 1. The number of hydrogen-bond acceptors (Lipinski definition) is 2. The van der Waals surface area contributed by atoms with Gasteiger partial charge in [-0.05, 0) is 6.08 Å². The molecule has 0 radical (unpaired) electrons. The van der Waals surface area contributed by atoms with Gasteiger partial charge in [0, 0.05) is 0 Å². The first-order chi connectivity index (χ1) is 2.81. The Hall–Kier alpha value is -0.630. The summed E-state index contributed by atoms with van der Waals surface area (Å²) in [6, 6.07) is 0. The van der Waals surface area contributed by atoms with Crippen LogP contribution in [-0.4, -0.2) is 17.4 Å². The molecule has 2 N–H and O–H groups in total. The zero-order valence-corrected chi connectivity index (χ0v) is 3.44. The largest absolute Gasteiger partial charge is 0.390 e. The maximum atomic E-state index is 8.04. The molecule has 0 aromatic rings. The van der Waals surface area contributed by atoms with Crippen molar-refractivity contribution in [3.8, 4) is 0 Å². The van der Waals surface area contributed by atoms with Gasteiger partial charge in [0.1, 0.15) is 0 Å². The van der Waals surface area contributed by atoms with Crippen LogP contribution in [0.25, 0.3) is 0 Å². The van der Waals surface area contributed by atoms with Gasteiger partial charge in [0.25, 0.3) is 0 Å². The van der Waals surface area contributed by atoms with E-state index in [0.717, 1.165) is 0 Å². The molecule has 0 saturated carbocycles. The Balaban J connectivity index is 3.23. The summed E-state index contributed by atoms with van der Waals surface area (Å²) >= 11 is 0. The third-order valence-corrected chi connectivity index (χ3v) is 0.417. The molecule has 0 bridgehead atoms. The Labute approximate surface area is 36.6 Å². The second-order valence-electron chi connectivity index (χ2n) is 0.887. The molecule has 2 nitrogen and oxygen atoms in total. The highest BCUT2D eigenvalue weighted by Crippen LogP contribution is 1.65. The lowest BCUT2D eigenvalue weighted by Gasteiger charge is -1.80. The van der Waals surface area contributed by atoms with Crippen LogP contribution in [0, 0.1) is 5.41 Å². The van der Waals surface area contributed by atoms with Crippen LogP contribution >= 0.6 is 0 Å². The van der Waals surface area contributed by atoms with Crippen molar-refractivity contribution in [3.05, 3.63) is 12.7 Å². The zero-order valence-electron chi connectivity index (χ0n) is 3.44. The molecule has 0 spiro atoms. The van der Waals surface area contributed by atoms with Gasteiger partial charge in [0.15, 0.2) is 0 Å². The van der Waals surface area contributed by atoms with E-state index in [1.54, 1.807) is 0 Å². The first-order valence-electron chi connectivity index (χ1n) is 1.62. The molecule has 0 aliphatic carbocycles. The van der Waals surface area contributed by atoms with E-state index < -0.39 is 0 Å². The Kier molecular flexibility index (Phi) is 2.33. The molecule has 34 valence electrons. The molecular weight excluding hydrogens is 78.0 g/mol. The lowest BCUT2D eigenvalue weighted by molar-refractivity contribution is 0.357. The van der Waals surface area contributed by atoms with Crippen LogP contribution < -0.4 is 0 Å². The number of aliphatic hydroxyl groups excluding tert-OH is 1. The molecule has 6 heavy (non-hydrogen) atoms. The Morgan fingerprint density at radius 1 is 2.00 bits per heavy atom. The van der Waals surface area contributed by atoms with Crippen LogP contribution in [-0.2, 0) is 0 Å². The smallest absolute Gasteiger partial charge is 0.0845 e. The van der Waals surface area contributed by atoms with E-state index in [1.165, 1.54) is 6.08 Å². The fourth-order valence-electron chi connectivity index (χ4n) is 0.0645. The Morgan fingerprint density at radius 3 is 2.50 bits per heavy atom. The zero-order chi connectivity index (χ0) is 4.99. The van der Waals surface area contributed by atoms with E-state index in [1.807, 2.05) is 0 Å². The third-order valence-electron chi connectivity index (χ3n) is 0.417. The highest BCUT2D eigenvalue weighted by molar-refractivity contribution is 5.92. The molecule has 0 heterocycles. The highest BCUT2D eigenvalue weighted by atomic mass is 16.3. The molecule has 0 amide bonds. The van der Waals surface area contributed by atoms with Gasteiger partial charge in [0.05, 0.1) is 12.3 Å². The van der Waals surface area contributed by atoms with Gasteiger partial charge in [0.2, 0.25) is 0 Å². The molecule has 0 aliphatic rings. The molecule has 0 atom stereocenters. The van der Waals surface area contributed by atoms with Crippen molar-refractivity contribution in [3.63, 3.8) is 0 Å². The summed E-state index contributed by atoms with van der Waals surface area (Å²) in [5.74, 6) is 0. The van der Waals surface area contributed by atoms with Crippen molar-refractivity contribution in [2.45, 2.75) is 0 Å². The van der Waals surface area contributed by atoms with E-state index in [9.17, 15) is 0 Å². The van der Waals surface area contributed by atoms with Gasteiger partial charge in [-0.3, -0.25) is 0 Å².